The minimum atomic E-state index is 1.01. The molecule has 0 saturated carbocycles. The van der Waals surface area contributed by atoms with Crippen molar-refractivity contribution in [3.63, 3.8) is 0 Å². The van der Waals surface area contributed by atoms with Gasteiger partial charge >= 0.3 is 0 Å². The molecular formula is C23H29N. The van der Waals surface area contributed by atoms with Crippen LogP contribution in [0.4, 0.5) is 0 Å². The Balaban J connectivity index is 0.000000495. The zero-order valence-corrected chi connectivity index (χ0v) is 15.4. The molecule has 126 valence electrons. The summed E-state index contributed by atoms with van der Waals surface area (Å²) in [5.74, 6) is 0. The maximum absolute atomic E-state index is 4.30. The van der Waals surface area contributed by atoms with Gasteiger partial charge in [0.15, 0.2) is 0 Å². The second-order valence-electron chi connectivity index (χ2n) is 5.46. The maximum Gasteiger partial charge on any atom is 0.0701 e. The molecule has 0 atom stereocenters. The lowest BCUT2D eigenvalue weighted by Gasteiger charge is -2.02. The molecule has 0 unspecified atom stereocenters. The summed E-state index contributed by atoms with van der Waals surface area (Å²) in [6.07, 6.45) is 7.32. The Morgan fingerprint density at radius 3 is 1.88 bits per heavy atom. The first-order valence-corrected chi connectivity index (χ1v) is 7.96. The first-order chi connectivity index (χ1) is 11.5. The third-order valence-electron chi connectivity index (χ3n) is 2.79. The van der Waals surface area contributed by atoms with Crippen LogP contribution in [-0.4, -0.2) is 4.98 Å². The Morgan fingerprint density at radius 2 is 1.54 bits per heavy atom. The highest BCUT2D eigenvalue weighted by atomic mass is 14.7. The Bertz CT molecular complexity index is 642. The van der Waals surface area contributed by atoms with E-state index in [4.69, 9.17) is 0 Å². The second-order valence-corrected chi connectivity index (χ2v) is 5.46. The van der Waals surface area contributed by atoms with Crippen molar-refractivity contribution in [2.75, 3.05) is 0 Å². The fraction of sp³-hybridized carbons (Fsp3) is 0.174. The number of nitrogens with zero attached hydrogens (tertiary/aromatic N) is 1. The maximum atomic E-state index is 4.30. The number of hydrogen-bond acceptors (Lipinski definition) is 1. The van der Waals surface area contributed by atoms with Crippen molar-refractivity contribution in [1.82, 2.24) is 4.98 Å². The average Bonchev–Trinajstić information content (AvgIpc) is 2.57. The van der Waals surface area contributed by atoms with Gasteiger partial charge in [-0.2, -0.15) is 0 Å². The van der Waals surface area contributed by atoms with E-state index in [0.717, 1.165) is 16.8 Å². The highest BCUT2D eigenvalue weighted by molar-refractivity contribution is 5.66. The summed E-state index contributed by atoms with van der Waals surface area (Å²) < 4.78 is 0. The van der Waals surface area contributed by atoms with E-state index < -0.39 is 0 Å². The van der Waals surface area contributed by atoms with Gasteiger partial charge in [0.25, 0.3) is 0 Å². The first kappa shape index (κ1) is 21.3. The Kier molecular flexibility index (Phi) is 11.4. The fourth-order valence-corrected chi connectivity index (χ4v) is 1.69. The molecule has 1 aromatic carbocycles. The molecule has 2 aromatic rings. The predicted octanol–water partition coefficient (Wildman–Crippen LogP) is 7.11. The molecule has 2 rings (SSSR count). The third kappa shape index (κ3) is 9.37. The molecule has 1 nitrogen and oxygen atoms in total. The van der Waals surface area contributed by atoms with Crippen LogP contribution in [-0.2, 0) is 0 Å². The summed E-state index contributed by atoms with van der Waals surface area (Å²) in [4.78, 5) is 4.30. The lowest BCUT2D eigenvalue weighted by Crippen LogP contribution is -1.83. The topological polar surface area (TPSA) is 12.9 Å². The molecule has 1 aromatic heterocycles. The fourth-order valence-electron chi connectivity index (χ4n) is 1.69. The highest BCUT2D eigenvalue weighted by Crippen LogP contribution is 2.19. The van der Waals surface area contributed by atoms with E-state index in [9.17, 15) is 0 Å². The second kappa shape index (κ2) is 12.8. The average molecular weight is 319 g/mol. The molecule has 24 heavy (non-hydrogen) atoms. The predicted molar refractivity (Wildman–Crippen MR) is 110 cm³/mol. The number of benzene rings is 1. The summed E-state index contributed by atoms with van der Waals surface area (Å²) in [7, 11) is 0. The van der Waals surface area contributed by atoms with Crippen LogP contribution in [0.5, 0.6) is 0 Å². The van der Waals surface area contributed by atoms with Gasteiger partial charge < -0.3 is 0 Å². The highest BCUT2D eigenvalue weighted by Gasteiger charge is 1.98. The van der Waals surface area contributed by atoms with Crippen molar-refractivity contribution >= 4 is 5.57 Å². The van der Waals surface area contributed by atoms with Crippen molar-refractivity contribution in [3.8, 4) is 11.3 Å². The summed E-state index contributed by atoms with van der Waals surface area (Å²) in [5.41, 5.74) is 5.70. The van der Waals surface area contributed by atoms with Gasteiger partial charge in [-0.1, -0.05) is 72.9 Å². The SMILES string of the molecule is C=C(C)c1ccc(-c2ccccn2)cc1.C=CC.C=CC=C(C)C. The summed E-state index contributed by atoms with van der Waals surface area (Å²) in [6, 6.07) is 14.2. The largest absolute Gasteiger partial charge is 0.256 e. The van der Waals surface area contributed by atoms with E-state index in [1.807, 2.05) is 58.2 Å². The molecule has 1 heteroatoms. The van der Waals surface area contributed by atoms with E-state index in [-0.39, 0.29) is 0 Å². The first-order valence-electron chi connectivity index (χ1n) is 7.96. The Labute approximate surface area is 147 Å². The van der Waals surface area contributed by atoms with Gasteiger partial charge in [-0.05, 0) is 45.4 Å². The molecule has 0 aliphatic carbocycles. The molecule has 1 heterocycles. The van der Waals surface area contributed by atoms with Gasteiger partial charge in [0.2, 0.25) is 0 Å². The molecule has 0 bridgehead atoms. The van der Waals surface area contributed by atoms with Crippen molar-refractivity contribution in [2.45, 2.75) is 27.7 Å². The Morgan fingerprint density at radius 1 is 0.958 bits per heavy atom. The minimum Gasteiger partial charge on any atom is -0.256 e. The number of allylic oxidation sites excluding steroid dienone is 5. The van der Waals surface area contributed by atoms with Crippen LogP contribution in [0.3, 0.4) is 0 Å². The molecule has 0 saturated heterocycles. The van der Waals surface area contributed by atoms with Crippen molar-refractivity contribution in [3.05, 3.63) is 97.8 Å². The van der Waals surface area contributed by atoms with Gasteiger partial charge in [0.05, 0.1) is 5.69 Å². The zero-order valence-electron chi connectivity index (χ0n) is 15.4. The number of aromatic nitrogens is 1. The molecular weight excluding hydrogens is 290 g/mol. The van der Waals surface area contributed by atoms with Crippen LogP contribution < -0.4 is 0 Å². The van der Waals surface area contributed by atoms with Crippen LogP contribution in [0.15, 0.2) is 92.2 Å². The molecule has 0 aliphatic heterocycles. The van der Waals surface area contributed by atoms with Crippen LogP contribution in [0, 0.1) is 0 Å². The van der Waals surface area contributed by atoms with E-state index in [2.05, 4.69) is 49.0 Å². The lowest BCUT2D eigenvalue weighted by molar-refractivity contribution is 1.32. The molecule has 0 amide bonds. The van der Waals surface area contributed by atoms with E-state index in [1.54, 1.807) is 12.2 Å². The number of hydrogen-bond donors (Lipinski definition) is 0. The summed E-state index contributed by atoms with van der Waals surface area (Å²) >= 11 is 0. The van der Waals surface area contributed by atoms with Crippen LogP contribution in [0.25, 0.3) is 16.8 Å². The Hall–Kier alpha value is -2.67. The van der Waals surface area contributed by atoms with Gasteiger partial charge in [-0.3, -0.25) is 4.98 Å². The smallest absolute Gasteiger partial charge is 0.0701 e. The number of pyridine rings is 1. The minimum absolute atomic E-state index is 1.01. The van der Waals surface area contributed by atoms with Gasteiger partial charge in [0.1, 0.15) is 0 Å². The standard InChI is InChI=1S/C14H13N.C6H10.C3H6/c1-11(2)12-6-8-13(9-7-12)14-5-3-4-10-15-14;1-4-5-6(2)3;1-3-2/h3-10H,1H2,2H3;4-5H,1H2,2-3H3;3H,1H2,2H3. The zero-order chi connectivity index (χ0) is 18.4. The van der Waals surface area contributed by atoms with Gasteiger partial charge in [-0.15, -0.1) is 6.58 Å². The molecule has 0 aliphatic rings. The third-order valence-corrected chi connectivity index (χ3v) is 2.79. The lowest BCUT2D eigenvalue weighted by atomic mass is 10.0. The summed E-state index contributed by atoms with van der Waals surface area (Å²) in [6.45, 7) is 18.8. The van der Waals surface area contributed by atoms with Crippen molar-refractivity contribution < 1.29 is 0 Å². The summed E-state index contributed by atoms with van der Waals surface area (Å²) in [5, 5.41) is 0. The molecule has 0 radical (unpaired) electrons. The van der Waals surface area contributed by atoms with Crippen molar-refractivity contribution in [1.29, 1.82) is 0 Å². The quantitative estimate of drug-likeness (QED) is 0.434. The molecule has 0 fully saturated rings. The molecule has 0 N–H and O–H groups in total. The van der Waals surface area contributed by atoms with E-state index >= 15 is 0 Å². The monoisotopic (exact) mass is 319 g/mol. The van der Waals surface area contributed by atoms with Gasteiger partial charge in [-0.25, -0.2) is 0 Å². The van der Waals surface area contributed by atoms with Crippen LogP contribution in [0.2, 0.25) is 0 Å². The van der Waals surface area contributed by atoms with Crippen LogP contribution >= 0.6 is 0 Å². The number of rotatable bonds is 3. The van der Waals surface area contributed by atoms with E-state index in [1.165, 1.54) is 11.1 Å². The van der Waals surface area contributed by atoms with Crippen LogP contribution in [0.1, 0.15) is 33.3 Å². The van der Waals surface area contributed by atoms with Gasteiger partial charge in [0, 0.05) is 11.8 Å². The normalized spacial score (nSPS) is 8.50. The molecule has 0 spiro atoms. The van der Waals surface area contributed by atoms with E-state index in [0.29, 0.717) is 0 Å². The van der Waals surface area contributed by atoms with Crippen molar-refractivity contribution in [2.24, 2.45) is 0 Å².